The number of hydrogen-bond acceptors (Lipinski definition) is 5. The highest BCUT2D eigenvalue weighted by molar-refractivity contribution is 6.00. The monoisotopic (exact) mass is 283 g/mol. The molecule has 0 saturated heterocycles. The Kier molecular flexibility index (Phi) is 6.67. The molecule has 1 atom stereocenters. The molecule has 1 aromatic heterocycles. The van der Waals surface area contributed by atoms with E-state index in [-0.39, 0.29) is 5.78 Å². The molecule has 0 amide bonds. The minimum absolute atomic E-state index is 0.0672. The molecule has 1 heterocycles. The van der Waals surface area contributed by atoms with Gasteiger partial charge < -0.3 is 14.4 Å². The summed E-state index contributed by atoms with van der Waals surface area (Å²) in [5.41, 5.74) is 0.495. The van der Waals surface area contributed by atoms with Gasteiger partial charge in [-0.15, -0.1) is 0 Å². The first-order chi connectivity index (χ1) is 9.54. The molecule has 0 bridgehead atoms. The molecule has 1 aromatic rings. The Bertz CT molecular complexity index is 429. The topological polar surface area (TPSA) is 56.6 Å². The van der Waals surface area contributed by atoms with E-state index in [0.717, 1.165) is 13.0 Å². The van der Waals surface area contributed by atoms with Crippen LogP contribution in [0, 0.1) is 0 Å². The van der Waals surface area contributed by atoms with E-state index in [4.69, 9.17) is 9.47 Å². The summed E-state index contributed by atoms with van der Waals surface area (Å²) in [6, 6.07) is 0. The van der Waals surface area contributed by atoms with Crippen LogP contribution < -0.4 is 4.74 Å². The number of likely N-dealkylation sites (N-methyl/N-ethyl adjacent to an activating group) is 1. The molecule has 6 nitrogen and oxygen atoms in total. The van der Waals surface area contributed by atoms with E-state index in [9.17, 15) is 4.79 Å². The predicted octanol–water partition coefficient (Wildman–Crippen LogP) is 1.45. The van der Waals surface area contributed by atoms with E-state index in [1.165, 1.54) is 0 Å². The lowest BCUT2D eigenvalue weighted by atomic mass is 10.1. The Morgan fingerprint density at radius 2 is 2.15 bits per heavy atom. The van der Waals surface area contributed by atoms with Crippen LogP contribution in [-0.2, 0) is 11.3 Å². The molecule has 0 aliphatic rings. The van der Waals surface area contributed by atoms with Crippen molar-refractivity contribution >= 4 is 5.78 Å². The van der Waals surface area contributed by atoms with Gasteiger partial charge in [0.15, 0.2) is 5.75 Å². The molecule has 114 valence electrons. The fraction of sp³-hybridized carbons (Fsp3) is 0.714. The number of Topliss-reactive ketones (excluding diaryl/α,β-unsaturated/α-hetero) is 1. The number of ether oxygens (including phenoxy) is 2. The highest BCUT2D eigenvalue weighted by Gasteiger charge is 2.26. The molecular formula is C14H25N3O3. The van der Waals surface area contributed by atoms with Crippen LogP contribution in [0.3, 0.4) is 0 Å². The quantitative estimate of drug-likeness (QED) is 0.642. The molecule has 0 aliphatic heterocycles. The van der Waals surface area contributed by atoms with Crippen LogP contribution in [0.2, 0.25) is 0 Å². The van der Waals surface area contributed by atoms with Crippen LogP contribution in [0.4, 0.5) is 0 Å². The maximum absolute atomic E-state index is 12.6. The van der Waals surface area contributed by atoms with E-state index < -0.39 is 6.10 Å². The van der Waals surface area contributed by atoms with Crippen LogP contribution >= 0.6 is 0 Å². The zero-order valence-corrected chi connectivity index (χ0v) is 13.0. The average Bonchev–Trinajstić information content (AvgIpc) is 2.84. The molecular weight excluding hydrogens is 258 g/mol. The lowest BCUT2D eigenvalue weighted by Gasteiger charge is -2.16. The van der Waals surface area contributed by atoms with E-state index >= 15 is 0 Å². The van der Waals surface area contributed by atoms with Gasteiger partial charge in [0, 0.05) is 13.7 Å². The first-order valence-electron chi connectivity index (χ1n) is 6.86. The third-order valence-electron chi connectivity index (χ3n) is 3.15. The van der Waals surface area contributed by atoms with Gasteiger partial charge >= 0.3 is 0 Å². The molecule has 20 heavy (non-hydrogen) atoms. The molecule has 1 rings (SSSR count). The van der Waals surface area contributed by atoms with Gasteiger partial charge in [-0.3, -0.25) is 9.48 Å². The second kappa shape index (κ2) is 8.01. The Labute approximate surface area is 120 Å². The Morgan fingerprint density at radius 1 is 1.45 bits per heavy atom. The number of carbonyl (C=O) groups excluding carboxylic acids is 1. The molecule has 1 unspecified atom stereocenters. The van der Waals surface area contributed by atoms with Crippen molar-refractivity contribution in [3.05, 3.63) is 11.9 Å². The van der Waals surface area contributed by atoms with Crippen molar-refractivity contribution in [3.8, 4) is 5.75 Å². The number of ketones is 1. The zero-order chi connectivity index (χ0) is 15.1. The summed E-state index contributed by atoms with van der Waals surface area (Å²) in [7, 11) is 7.07. The van der Waals surface area contributed by atoms with Crippen LogP contribution in [-0.4, -0.2) is 61.4 Å². The van der Waals surface area contributed by atoms with Crippen molar-refractivity contribution in [3.63, 3.8) is 0 Å². The minimum Gasteiger partial charge on any atom is -0.493 e. The van der Waals surface area contributed by atoms with Gasteiger partial charge in [0.25, 0.3) is 0 Å². The third kappa shape index (κ3) is 4.05. The molecule has 0 fully saturated rings. The molecule has 0 N–H and O–H groups in total. The number of hydrogen-bond donors (Lipinski definition) is 0. The molecule has 0 aromatic carbocycles. The van der Waals surface area contributed by atoms with Crippen molar-refractivity contribution in [2.45, 2.75) is 32.4 Å². The number of rotatable bonds is 9. The Balaban J connectivity index is 3.00. The molecule has 0 saturated carbocycles. The van der Waals surface area contributed by atoms with Gasteiger partial charge in [0.05, 0.1) is 19.9 Å². The maximum Gasteiger partial charge on any atom is 0.213 e. The maximum atomic E-state index is 12.6. The first kappa shape index (κ1) is 16.7. The third-order valence-corrected chi connectivity index (χ3v) is 3.15. The van der Waals surface area contributed by atoms with Gasteiger partial charge in [0.1, 0.15) is 11.8 Å². The van der Waals surface area contributed by atoms with Gasteiger partial charge in [-0.1, -0.05) is 13.3 Å². The van der Waals surface area contributed by atoms with Gasteiger partial charge in [-0.25, -0.2) is 0 Å². The first-order valence-corrected chi connectivity index (χ1v) is 6.86. The van der Waals surface area contributed by atoms with Crippen LogP contribution in [0.25, 0.3) is 0 Å². The zero-order valence-electron chi connectivity index (χ0n) is 13.0. The second-order valence-corrected chi connectivity index (χ2v) is 4.97. The number of carbonyl (C=O) groups is 1. The van der Waals surface area contributed by atoms with Crippen molar-refractivity contribution in [1.82, 2.24) is 14.7 Å². The van der Waals surface area contributed by atoms with Crippen LogP contribution in [0.15, 0.2) is 6.20 Å². The second-order valence-electron chi connectivity index (χ2n) is 4.97. The van der Waals surface area contributed by atoms with Gasteiger partial charge in [-0.05, 0) is 20.5 Å². The van der Waals surface area contributed by atoms with Gasteiger partial charge in [-0.2, -0.15) is 5.10 Å². The van der Waals surface area contributed by atoms with Crippen molar-refractivity contribution in [2.24, 2.45) is 0 Å². The lowest BCUT2D eigenvalue weighted by molar-refractivity contribution is 0.0564. The molecule has 6 heteroatoms. The molecule has 0 aliphatic carbocycles. The van der Waals surface area contributed by atoms with E-state index in [0.29, 0.717) is 24.4 Å². The van der Waals surface area contributed by atoms with E-state index in [1.54, 1.807) is 25.1 Å². The normalized spacial score (nSPS) is 12.7. The standard InChI is InChI=1S/C14H25N3O3/c1-6-7-11(19-4)14(18)13-12(20-5)10-15-17(13)9-8-16(2)3/h10-11H,6-9H2,1-5H3. The fourth-order valence-corrected chi connectivity index (χ4v) is 2.00. The summed E-state index contributed by atoms with van der Waals surface area (Å²) in [5, 5.41) is 4.25. The largest absolute Gasteiger partial charge is 0.493 e. The molecule has 0 radical (unpaired) electrons. The SMILES string of the molecule is CCCC(OC)C(=O)c1c(OC)cnn1CCN(C)C. The minimum atomic E-state index is -0.441. The number of aromatic nitrogens is 2. The van der Waals surface area contributed by atoms with Crippen molar-refractivity contribution in [1.29, 1.82) is 0 Å². The number of nitrogens with zero attached hydrogens (tertiary/aromatic N) is 3. The van der Waals surface area contributed by atoms with E-state index in [2.05, 4.69) is 5.10 Å². The smallest absolute Gasteiger partial charge is 0.213 e. The summed E-state index contributed by atoms with van der Waals surface area (Å²) in [5.74, 6) is 0.439. The van der Waals surface area contributed by atoms with Crippen LogP contribution in [0.1, 0.15) is 30.3 Å². The summed E-state index contributed by atoms with van der Waals surface area (Å²) >= 11 is 0. The summed E-state index contributed by atoms with van der Waals surface area (Å²) < 4.78 is 12.3. The van der Waals surface area contributed by atoms with E-state index in [1.807, 2.05) is 25.9 Å². The summed E-state index contributed by atoms with van der Waals surface area (Å²) in [4.78, 5) is 14.6. The van der Waals surface area contributed by atoms with Crippen LogP contribution in [0.5, 0.6) is 5.75 Å². The number of methoxy groups -OCH3 is 2. The fourth-order valence-electron chi connectivity index (χ4n) is 2.00. The highest BCUT2D eigenvalue weighted by Crippen LogP contribution is 2.21. The predicted molar refractivity (Wildman–Crippen MR) is 77.4 cm³/mol. The van der Waals surface area contributed by atoms with Gasteiger partial charge in [0.2, 0.25) is 5.78 Å². The average molecular weight is 283 g/mol. The summed E-state index contributed by atoms with van der Waals surface area (Å²) in [6.07, 6.45) is 2.72. The highest BCUT2D eigenvalue weighted by atomic mass is 16.5. The van der Waals surface area contributed by atoms with Crippen molar-refractivity contribution < 1.29 is 14.3 Å². The summed E-state index contributed by atoms with van der Waals surface area (Å²) in [6.45, 7) is 3.47. The Hall–Kier alpha value is -1.40. The Morgan fingerprint density at radius 3 is 2.65 bits per heavy atom. The lowest BCUT2D eigenvalue weighted by Crippen LogP contribution is -2.28. The molecule has 0 spiro atoms. The van der Waals surface area contributed by atoms with Crippen molar-refractivity contribution in [2.75, 3.05) is 34.9 Å².